The maximum Gasteiger partial charge on any atom is 0.408 e. The highest BCUT2D eigenvalue weighted by atomic mass is 32.2. The molecular weight excluding hydrogens is 769 g/mol. The molecule has 58 heavy (non-hydrogen) atoms. The Bertz CT molecular complexity index is 2130. The van der Waals surface area contributed by atoms with Crippen molar-refractivity contribution in [2.24, 2.45) is 17.8 Å². The Morgan fingerprint density at radius 2 is 1.72 bits per heavy atom. The molecule has 2 aromatic rings. The van der Waals surface area contributed by atoms with Crippen molar-refractivity contribution >= 4 is 44.7 Å². The molecule has 0 unspecified atom stereocenters. The molecule has 8 rings (SSSR count). The minimum atomic E-state index is -3.92. The molecule has 4 amide bonds. The average molecular weight is 823 g/mol. The van der Waals surface area contributed by atoms with Crippen molar-refractivity contribution in [2.45, 2.75) is 138 Å². The number of sulfonamides is 1. The van der Waals surface area contributed by atoms with E-state index in [1.54, 1.807) is 18.2 Å². The van der Waals surface area contributed by atoms with Crippen LogP contribution in [0.4, 0.5) is 4.79 Å². The quantitative estimate of drug-likeness (QED) is 0.329. The monoisotopic (exact) mass is 822 g/mol. The molecule has 1 saturated heterocycles. The smallest absolute Gasteiger partial charge is 0.408 e. The third-order valence-corrected chi connectivity index (χ3v) is 15.0. The van der Waals surface area contributed by atoms with Crippen molar-refractivity contribution < 1.29 is 41.8 Å². The number of aromatic nitrogens is 2. The van der Waals surface area contributed by atoms with Gasteiger partial charge < -0.3 is 29.7 Å². The molecule has 314 valence electrons. The van der Waals surface area contributed by atoms with Crippen LogP contribution < -0.4 is 30.4 Å². The number of methoxy groups -OCH3 is 1. The van der Waals surface area contributed by atoms with Gasteiger partial charge in [-0.1, -0.05) is 31.8 Å². The highest BCUT2D eigenvalue weighted by Crippen LogP contribution is 2.46. The van der Waals surface area contributed by atoms with Gasteiger partial charge >= 0.3 is 6.09 Å². The summed E-state index contributed by atoms with van der Waals surface area (Å²) in [6, 6.07) is 2.90. The maximum absolute atomic E-state index is 14.9. The molecule has 0 radical (unpaired) electrons. The predicted octanol–water partition coefficient (Wildman–Crippen LogP) is 3.45. The molecule has 0 spiro atoms. The van der Waals surface area contributed by atoms with E-state index >= 15 is 0 Å². The van der Waals surface area contributed by atoms with Crippen molar-refractivity contribution in [3.8, 4) is 11.8 Å². The molecule has 7 atom stereocenters. The fraction of sp³-hybridized carbons (Fsp3) is 0.659. The van der Waals surface area contributed by atoms with Gasteiger partial charge in [-0.25, -0.2) is 13.2 Å². The average Bonchev–Trinajstić information content (AvgIpc) is 3.99. The number of fused-ring (bicyclic) bond motifs is 5. The van der Waals surface area contributed by atoms with Crippen LogP contribution in [-0.4, -0.2) is 95.4 Å². The number of carbonyl (C=O) groups is 4. The third kappa shape index (κ3) is 8.02. The Hall–Kier alpha value is -4.67. The van der Waals surface area contributed by atoms with E-state index in [9.17, 15) is 32.4 Å². The summed E-state index contributed by atoms with van der Waals surface area (Å²) in [5.74, 6) is -2.06. The number of hydrogen-bond donors (Lipinski definition) is 3. The molecule has 1 aromatic carbocycles. The lowest BCUT2D eigenvalue weighted by Gasteiger charge is -2.32. The fourth-order valence-corrected chi connectivity index (χ4v) is 11.0. The van der Waals surface area contributed by atoms with Crippen LogP contribution in [0.25, 0.3) is 10.9 Å². The van der Waals surface area contributed by atoms with E-state index in [2.05, 4.69) is 21.9 Å². The number of rotatable bonds is 8. The minimum Gasteiger partial charge on any atom is -0.497 e. The van der Waals surface area contributed by atoms with Gasteiger partial charge in [-0.15, -0.1) is 6.58 Å². The van der Waals surface area contributed by atoms with Gasteiger partial charge in [-0.05, 0) is 88.2 Å². The van der Waals surface area contributed by atoms with Gasteiger partial charge in [-0.2, -0.15) is 4.98 Å². The predicted molar refractivity (Wildman–Crippen MR) is 211 cm³/mol. The van der Waals surface area contributed by atoms with Crippen LogP contribution in [0.3, 0.4) is 0 Å². The van der Waals surface area contributed by atoms with E-state index in [0.29, 0.717) is 55.3 Å². The van der Waals surface area contributed by atoms with Gasteiger partial charge in [0, 0.05) is 24.9 Å². The summed E-state index contributed by atoms with van der Waals surface area (Å²) in [6.45, 7) is 4.03. The van der Waals surface area contributed by atoms with E-state index in [0.717, 1.165) is 51.4 Å². The van der Waals surface area contributed by atoms with Crippen LogP contribution in [0.5, 0.6) is 11.8 Å². The van der Waals surface area contributed by atoms with Crippen molar-refractivity contribution in [3.05, 3.63) is 41.2 Å². The number of benzene rings is 1. The molecule has 5 fully saturated rings. The Morgan fingerprint density at radius 1 is 0.983 bits per heavy atom. The van der Waals surface area contributed by atoms with Crippen molar-refractivity contribution in [1.82, 2.24) is 29.8 Å². The number of alkyl carbamates (subject to hydrolysis) is 1. The molecule has 4 saturated carbocycles. The molecular formula is C41H54N6O10S. The Labute approximate surface area is 337 Å². The number of ether oxygens (including phenoxy) is 3. The number of hydrogen-bond acceptors (Lipinski definition) is 11. The second kappa shape index (κ2) is 16.2. The molecule has 4 aliphatic carbocycles. The van der Waals surface area contributed by atoms with E-state index in [1.165, 1.54) is 22.7 Å². The van der Waals surface area contributed by atoms with E-state index in [-0.39, 0.29) is 48.9 Å². The number of nitrogens with one attached hydrogen (secondary N) is 3. The summed E-state index contributed by atoms with van der Waals surface area (Å²) in [7, 11) is -2.40. The van der Waals surface area contributed by atoms with Gasteiger partial charge in [0.15, 0.2) is 0 Å². The first-order chi connectivity index (χ1) is 27.9. The summed E-state index contributed by atoms with van der Waals surface area (Å²) in [6.07, 6.45) is 9.72. The molecule has 2 bridgehead atoms. The number of amides is 4. The van der Waals surface area contributed by atoms with Crippen molar-refractivity contribution in [2.75, 3.05) is 13.7 Å². The Balaban J connectivity index is 1.14. The molecule has 17 heteroatoms. The Morgan fingerprint density at radius 3 is 2.45 bits per heavy atom. The topological polar surface area (TPSA) is 204 Å². The van der Waals surface area contributed by atoms with Crippen molar-refractivity contribution in [3.63, 3.8) is 0 Å². The van der Waals surface area contributed by atoms with Crippen LogP contribution in [0.2, 0.25) is 0 Å². The molecule has 1 aromatic heterocycles. The summed E-state index contributed by atoms with van der Waals surface area (Å²) in [5.41, 5.74) is -1.50. The molecule has 3 N–H and O–H groups in total. The maximum atomic E-state index is 14.9. The zero-order valence-corrected chi connectivity index (χ0v) is 33.8. The van der Waals surface area contributed by atoms with Gasteiger partial charge in [0.1, 0.15) is 35.6 Å². The lowest BCUT2D eigenvalue weighted by molar-refractivity contribution is -0.142. The lowest BCUT2D eigenvalue weighted by Crippen LogP contribution is -2.59. The van der Waals surface area contributed by atoms with Gasteiger partial charge in [0.2, 0.25) is 21.8 Å². The first-order valence-corrected chi connectivity index (χ1v) is 22.5. The Kier molecular flexibility index (Phi) is 11.2. The minimum absolute atomic E-state index is 0.0357. The molecule has 6 aliphatic rings. The zero-order valence-electron chi connectivity index (χ0n) is 33.0. The van der Waals surface area contributed by atoms with E-state index in [4.69, 9.17) is 19.2 Å². The third-order valence-electron chi connectivity index (χ3n) is 13.2. The summed E-state index contributed by atoms with van der Waals surface area (Å²) in [4.78, 5) is 76.9. The second-order valence-electron chi connectivity index (χ2n) is 17.0. The summed E-state index contributed by atoms with van der Waals surface area (Å²) < 4.78 is 47.3. The van der Waals surface area contributed by atoms with Crippen LogP contribution in [0.1, 0.15) is 96.3 Å². The van der Waals surface area contributed by atoms with Crippen molar-refractivity contribution in [1.29, 1.82) is 0 Å². The molecule has 2 aliphatic heterocycles. The standard InChI is InChI=1S/C41H54N6O10S/c1-3-26-22-41(26,38(51)45-58(53,54)29-16-17-29)44-35(48)32-21-28-23-47(32)37(50)34(25-11-6-7-12-25)43-40(52)57-33-14-9-13-24(33)10-5-4-8-19-46-36(49)30-18-15-27(55-2)20-31(30)42-39(46)56-28/h3,15,18,20,24-26,28-29,32-34H,1,4-14,16-17,19,21-23H2,2H3,(H,43,52)(H,44,48)(H,45,51)/t24-,26-,28-,32+,33-,34+,41+/m1/s1. The molecule has 3 heterocycles. The summed E-state index contributed by atoms with van der Waals surface area (Å²) >= 11 is 0. The van der Waals surface area contributed by atoms with Gasteiger partial charge in [-0.3, -0.25) is 28.5 Å². The van der Waals surface area contributed by atoms with E-state index in [1.807, 2.05) is 0 Å². The first kappa shape index (κ1) is 40.1. The molecule has 16 nitrogen and oxygen atoms in total. The number of carbonyl (C=O) groups excluding carboxylic acids is 4. The highest BCUT2D eigenvalue weighted by molar-refractivity contribution is 7.91. The summed E-state index contributed by atoms with van der Waals surface area (Å²) in [5, 5.41) is 5.48. The van der Waals surface area contributed by atoms with Crippen LogP contribution >= 0.6 is 0 Å². The normalized spacial score (nSPS) is 30.8. The highest BCUT2D eigenvalue weighted by Gasteiger charge is 2.62. The lowest BCUT2D eigenvalue weighted by atomic mass is 9.96. The number of nitrogens with zero attached hydrogens (tertiary/aromatic N) is 3. The van der Waals surface area contributed by atoms with Crippen LogP contribution in [0.15, 0.2) is 35.6 Å². The van der Waals surface area contributed by atoms with Crippen LogP contribution in [-0.2, 0) is 35.7 Å². The largest absolute Gasteiger partial charge is 0.497 e. The SMILES string of the molecule is C=C[C@@H]1C[C@@]1(NC(=O)[C@@H]1C[C@@H]2CN1C(=O)[C@H](C1CCCC1)NC(=O)O[C@@H]1CCC[C@H]1CCCCCn1c(nc3cc(OC)ccc3c1=O)O2)C(=O)NS(=O)(=O)C1CC1. The zero-order chi connectivity index (χ0) is 40.8. The van der Waals surface area contributed by atoms with Crippen LogP contribution in [0, 0.1) is 17.8 Å². The van der Waals surface area contributed by atoms with Gasteiger partial charge in [0.05, 0.1) is 29.8 Å². The fourth-order valence-electron chi connectivity index (χ4n) is 9.63. The first-order valence-electron chi connectivity index (χ1n) is 20.9. The van der Waals surface area contributed by atoms with E-state index < -0.39 is 68.7 Å². The second-order valence-corrected chi connectivity index (χ2v) is 19.0. The van der Waals surface area contributed by atoms with Gasteiger partial charge in [0.25, 0.3) is 17.5 Å².